The molecule has 0 bridgehead atoms. The van der Waals surface area contributed by atoms with E-state index in [4.69, 9.17) is 4.98 Å². The van der Waals surface area contributed by atoms with E-state index in [-0.39, 0.29) is 5.54 Å². The van der Waals surface area contributed by atoms with Crippen molar-refractivity contribution in [2.24, 2.45) is 0 Å². The molecule has 0 amide bonds. The lowest BCUT2D eigenvalue weighted by Gasteiger charge is -2.38. The van der Waals surface area contributed by atoms with Crippen molar-refractivity contribution in [3.63, 3.8) is 0 Å². The summed E-state index contributed by atoms with van der Waals surface area (Å²) in [5, 5.41) is 13.2. The first-order valence-electron chi connectivity index (χ1n) is 11.3. The summed E-state index contributed by atoms with van der Waals surface area (Å²) in [5.41, 5.74) is 1.17. The van der Waals surface area contributed by atoms with Crippen molar-refractivity contribution in [3.05, 3.63) is 23.5 Å². The van der Waals surface area contributed by atoms with Gasteiger partial charge in [0.05, 0.1) is 17.4 Å². The van der Waals surface area contributed by atoms with Crippen molar-refractivity contribution in [2.45, 2.75) is 74.6 Å². The highest BCUT2D eigenvalue weighted by molar-refractivity contribution is 7.97. The van der Waals surface area contributed by atoms with Crippen LogP contribution in [0, 0.1) is 0 Å². The monoisotopic (exact) mass is 473 g/mol. The number of hydrogen-bond acceptors (Lipinski definition) is 8. The first-order chi connectivity index (χ1) is 15.3. The minimum atomic E-state index is -1.27. The molecule has 3 aromatic rings. The average molecular weight is 474 g/mol. The zero-order valence-electron chi connectivity index (χ0n) is 18.6. The molecule has 0 radical (unpaired) electrons. The first kappa shape index (κ1) is 20.8. The molecular formula is C22H28FN7S2. The number of anilines is 1. The molecule has 7 nitrogen and oxygen atoms in total. The van der Waals surface area contributed by atoms with Crippen LogP contribution < -0.4 is 14.9 Å². The van der Waals surface area contributed by atoms with E-state index in [9.17, 15) is 4.39 Å². The second kappa shape index (κ2) is 7.38. The summed E-state index contributed by atoms with van der Waals surface area (Å²) in [5.74, 6) is 0.727. The number of pyridine rings is 1. The van der Waals surface area contributed by atoms with Gasteiger partial charge in [-0.1, -0.05) is 11.3 Å². The summed E-state index contributed by atoms with van der Waals surface area (Å²) in [6.07, 6.45) is 7.52. The second-order valence-electron chi connectivity index (χ2n) is 9.91. The van der Waals surface area contributed by atoms with E-state index in [0.717, 1.165) is 29.3 Å². The molecule has 1 saturated heterocycles. The smallest absolute Gasteiger partial charge is 0.184 e. The normalized spacial score (nSPS) is 25.9. The lowest BCUT2D eigenvalue weighted by Crippen LogP contribution is -2.54. The Hall–Kier alpha value is -1.75. The van der Waals surface area contributed by atoms with Gasteiger partial charge in [-0.25, -0.2) is 9.37 Å². The molecule has 2 N–H and O–H groups in total. The molecule has 1 aliphatic heterocycles. The van der Waals surface area contributed by atoms with Gasteiger partial charge < -0.3 is 10.2 Å². The van der Waals surface area contributed by atoms with E-state index < -0.39 is 5.67 Å². The number of nitrogens with one attached hydrogen (secondary N) is 2. The Bertz CT molecular complexity index is 1160. The number of rotatable bonds is 6. The van der Waals surface area contributed by atoms with Crippen LogP contribution in [0.3, 0.4) is 0 Å². The highest BCUT2D eigenvalue weighted by atomic mass is 32.2. The predicted octanol–water partition coefficient (Wildman–Crippen LogP) is 4.15. The van der Waals surface area contributed by atoms with Crippen LogP contribution in [-0.4, -0.2) is 50.3 Å². The Kier molecular flexibility index (Phi) is 4.80. The highest BCUT2D eigenvalue weighted by Gasteiger charge is 2.48. The Morgan fingerprint density at radius 1 is 1.19 bits per heavy atom. The number of piperazine rings is 1. The Balaban J connectivity index is 1.42. The molecule has 32 heavy (non-hydrogen) atoms. The van der Waals surface area contributed by atoms with Crippen LogP contribution in [0.1, 0.15) is 51.5 Å². The van der Waals surface area contributed by atoms with Gasteiger partial charge in [0.25, 0.3) is 0 Å². The van der Waals surface area contributed by atoms with Crippen molar-refractivity contribution >= 4 is 34.5 Å². The predicted molar refractivity (Wildman–Crippen MR) is 127 cm³/mol. The lowest BCUT2D eigenvalue weighted by molar-refractivity contribution is 0.314. The fourth-order valence-electron chi connectivity index (χ4n) is 4.34. The molecule has 3 aliphatic rings. The maximum Gasteiger partial charge on any atom is 0.184 e. The van der Waals surface area contributed by atoms with Crippen LogP contribution in [0.2, 0.25) is 0 Å². The summed E-state index contributed by atoms with van der Waals surface area (Å²) in [6, 6.07) is 3.08. The van der Waals surface area contributed by atoms with E-state index >= 15 is 0 Å². The lowest BCUT2D eigenvalue weighted by atomic mass is 10.1. The molecule has 3 fully saturated rings. The molecule has 170 valence electrons. The zero-order chi connectivity index (χ0) is 22.1. The fraction of sp³-hybridized carbons (Fsp3) is 0.591. The van der Waals surface area contributed by atoms with Gasteiger partial charge in [0.2, 0.25) is 0 Å². The Labute approximate surface area is 195 Å². The minimum absolute atomic E-state index is 0.226. The van der Waals surface area contributed by atoms with Gasteiger partial charge >= 0.3 is 0 Å². The third-order valence-corrected chi connectivity index (χ3v) is 8.75. The number of alkyl halides is 1. The Morgan fingerprint density at radius 3 is 2.62 bits per heavy atom. The number of hydrogen-bond donors (Lipinski definition) is 2. The van der Waals surface area contributed by atoms with Gasteiger partial charge in [0.15, 0.2) is 21.5 Å². The van der Waals surface area contributed by atoms with Crippen LogP contribution in [0.25, 0.3) is 16.3 Å². The molecule has 4 heterocycles. The summed E-state index contributed by atoms with van der Waals surface area (Å²) in [7, 11) is 0. The average Bonchev–Trinajstić information content (AvgIpc) is 3.54. The summed E-state index contributed by atoms with van der Waals surface area (Å²) < 4.78 is 20.2. The van der Waals surface area contributed by atoms with Gasteiger partial charge in [-0.3, -0.25) is 9.12 Å². The summed E-state index contributed by atoms with van der Waals surface area (Å²) in [6.45, 7) is 8.59. The number of fused-ring (bicyclic) bond motifs is 1. The topological polar surface area (TPSA) is 70.4 Å². The first-order valence-corrected chi connectivity index (χ1v) is 12.9. The number of imidazole rings is 1. The molecule has 2 saturated carbocycles. The largest absolute Gasteiger partial charge is 0.367 e. The molecule has 10 heteroatoms. The van der Waals surface area contributed by atoms with Gasteiger partial charge in [-0.2, -0.15) is 0 Å². The van der Waals surface area contributed by atoms with Crippen molar-refractivity contribution in [1.29, 1.82) is 0 Å². The molecule has 3 aromatic heterocycles. The summed E-state index contributed by atoms with van der Waals surface area (Å²) in [4.78, 5) is 8.29. The van der Waals surface area contributed by atoms with Crippen molar-refractivity contribution in [1.82, 2.24) is 29.6 Å². The standard InChI is InChI=1S/C22H28FN7S2/c1-13-10-29(11-14(2)25-13)16-8-15(32-28-21(3)4-5-21)12-30-17(16)9-24-18(30)19-26-27-20(31-19)22(23)6-7-22/h8-9,12-14,25,28H,4-7,10-11H2,1-3H3/t13-,14?/m0/s1. The van der Waals surface area contributed by atoms with Gasteiger partial charge in [-0.15, -0.1) is 10.2 Å². The molecule has 0 spiro atoms. The van der Waals surface area contributed by atoms with Crippen LogP contribution in [0.15, 0.2) is 23.4 Å². The quantitative estimate of drug-likeness (QED) is 0.521. The van der Waals surface area contributed by atoms with E-state index in [1.165, 1.54) is 29.9 Å². The molecule has 2 aliphatic carbocycles. The van der Waals surface area contributed by atoms with E-state index in [1.54, 1.807) is 11.9 Å². The van der Waals surface area contributed by atoms with Gasteiger partial charge in [0.1, 0.15) is 0 Å². The third-order valence-electron chi connectivity index (χ3n) is 6.60. The van der Waals surface area contributed by atoms with E-state index in [2.05, 4.69) is 62.6 Å². The van der Waals surface area contributed by atoms with Crippen molar-refractivity contribution in [3.8, 4) is 10.8 Å². The molecule has 1 unspecified atom stereocenters. The third kappa shape index (κ3) is 3.81. The van der Waals surface area contributed by atoms with Gasteiger partial charge in [-0.05, 0) is 64.5 Å². The van der Waals surface area contributed by atoms with E-state index in [1.807, 2.05) is 6.20 Å². The highest BCUT2D eigenvalue weighted by Crippen LogP contribution is 2.51. The number of nitrogens with zero attached hydrogens (tertiary/aromatic N) is 5. The summed E-state index contributed by atoms with van der Waals surface area (Å²) >= 11 is 3.00. The second-order valence-corrected chi connectivity index (χ2v) is 11.8. The molecule has 0 aromatic carbocycles. The number of aromatic nitrogens is 4. The Morgan fingerprint density at radius 2 is 1.94 bits per heavy atom. The maximum absolute atomic E-state index is 14.5. The molecular weight excluding hydrogens is 445 g/mol. The molecule has 2 atom stereocenters. The van der Waals surface area contributed by atoms with Crippen LogP contribution >= 0.6 is 23.3 Å². The van der Waals surface area contributed by atoms with Gasteiger partial charge in [0, 0.05) is 41.8 Å². The van der Waals surface area contributed by atoms with Crippen molar-refractivity contribution in [2.75, 3.05) is 18.0 Å². The SMILES string of the molecule is CC1CN(c2cc(SNC3(C)CC3)cn3c(-c4nnc(C5(F)CC5)s4)ncc23)C[C@H](C)N1. The van der Waals surface area contributed by atoms with Crippen LogP contribution in [-0.2, 0) is 5.67 Å². The zero-order valence-corrected chi connectivity index (χ0v) is 20.2. The van der Waals surface area contributed by atoms with Crippen LogP contribution in [0.5, 0.6) is 0 Å². The van der Waals surface area contributed by atoms with Crippen LogP contribution in [0.4, 0.5) is 10.1 Å². The minimum Gasteiger partial charge on any atom is -0.367 e. The maximum atomic E-state index is 14.5. The number of halogens is 1. The van der Waals surface area contributed by atoms with E-state index in [0.29, 0.717) is 34.9 Å². The fourth-order valence-corrected chi connectivity index (χ4v) is 6.21. The van der Waals surface area contributed by atoms with Crippen molar-refractivity contribution < 1.29 is 4.39 Å². The molecule has 6 rings (SSSR count).